The molecule has 0 saturated heterocycles. The molecule has 1 atom stereocenters. The van der Waals surface area contributed by atoms with Crippen molar-refractivity contribution >= 4 is 28.6 Å². The van der Waals surface area contributed by atoms with Crippen molar-refractivity contribution in [2.75, 3.05) is 0 Å². The average Bonchev–Trinajstić information content (AvgIpc) is 2.68. The van der Waals surface area contributed by atoms with Gasteiger partial charge in [0.2, 0.25) is 0 Å². The molecule has 0 radical (unpaired) electrons. The molecule has 1 heterocycles. The molecule has 3 nitrogen and oxygen atoms in total. The van der Waals surface area contributed by atoms with Crippen molar-refractivity contribution in [2.45, 2.75) is 43.6 Å². The lowest BCUT2D eigenvalue weighted by Gasteiger charge is -2.21. The maximum atomic E-state index is 11.9. The molecule has 2 rings (SSSR count). The van der Waals surface area contributed by atoms with Crippen LogP contribution >= 0.6 is 11.8 Å². The van der Waals surface area contributed by atoms with Crippen molar-refractivity contribution in [2.24, 2.45) is 0 Å². The highest BCUT2D eigenvalue weighted by Gasteiger charge is 2.22. The first-order valence-electron chi connectivity index (χ1n) is 6.32. The number of carbonyl (C=O) groups is 1. The first-order valence-corrected chi connectivity index (χ1v) is 7.20. The summed E-state index contributed by atoms with van der Waals surface area (Å²) in [7, 11) is 0. The Kier molecular flexibility index (Phi) is 3.90. The molecule has 0 aliphatic heterocycles. The monoisotopic (exact) mass is 277 g/mol. The van der Waals surface area contributed by atoms with Gasteiger partial charge >= 0.3 is 5.97 Å². The number of hydrogen-bond acceptors (Lipinski definition) is 3. The molecule has 0 spiro atoms. The molecular formula is C15H19NO2S. The van der Waals surface area contributed by atoms with Gasteiger partial charge in [-0.2, -0.15) is 0 Å². The third-order valence-electron chi connectivity index (χ3n) is 2.55. The lowest BCUT2D eigenvalue weighted by Crippen LogP contribution is -2.28. The Morgan fingerprint density at radius 3 is 2.63 bits per heavy atom. The van der Waals surface area contributed by atoms with Gasteiger partial charge in [-0.1, -0.05) is 30.0 Å². The summed E-state index contributed by atoms with van der Waals surface area (Å²) in [6.07, 6.45) is 0. The van der Waals surface area contributed by atoms with Gasteiger partial charge in [-0.15, -0.1) is 0 Å². The van der Waals surface area contributed by atoms with Gasteiger partial charge in [0.15, 0.2) is 0 Å². The van der Waals surface area contributed by atoms with Crippen molar-refractivity contribution in [1.29, 1.82) is 0 Å². The van der Waals surface area contributed by atoms with Crippen LogP contribution in [0.2, 0.25) is 0 Å². The van der Waals surface area contributed by atoms with Gasteiger partial charge in [0.05, 0.1) is 5.03 Å². The Morgan fingerprint density at radius 2 is 2.00 bits per heavy atom. The van der Waals surface area contributed by atoms with E-state index >= 15 is 0 Å². The van der Waals surface area contributed by atoms with E-state index in [0.29, 0.717) is 0 Å². The number of fused-ring (bicyclic) bond motifs is 1. The van der Waals surface area contributed by atoms with Crippen LogP contribution in [0.1, 0.15) is 27.7 Å². The van der Waals surface area contributed by atoms with E-state index in [4.69, 9.17) is 4.74 Å². The van der Waals surface area contributed by atoms with Crippen LogP contribution < -0.4 is 0 Å². The van der Waals surface area contributed by atoms with E-state index < -0.39 is 5.60 Å². The van der Waals surface area contributed by atoms with Crippen LogP contribution in [-0.2, 0) is 9.53 Å². The summed E-state index contributed by atoms with van der Waals surface area (Å²) in [5.41, 5.74) is 0.646. The lowest BCUT2D eigenvalue weighted by molar-refractivity contribution is -0.153. The molecule has 2 aromatic rings. The summed E-state index contributed by atoms with van der Waals surface area (Å²) in [5.74, 6) is -0.184. The van der Waals surface area contributed by atoms with E-state index in [1.54, 1.807) is 0 Å². The van der Waals surface area contributed by atoms with Crippen molar-refractivity contribution in [3.05, 3.63) is 30.3 Å². The van der Waals surface area contributed by atoms with Crippen LogP contribution in [0.15, 0.2) is 35.4 Å². The number of H-pyrrole nitrogens is 1. The maximum Gasteiger partial charge on any atom is 0.319 e. The number of hydrogen-bond donors (Lipinski definition) is 1. The van der Waals surface area contributed by atoms with Gasteiger partial charge in [0.25, 0.3) is 0 Å². The number of nitrogens with one attached hydrogen (secondary N) is 1. The molecule has 0 fully saturated rings. The number of para-hydroxylation sites is 1. The minimum Gasteiger partial charge on any atom is -0.459 e. The maximum absolute atomic E-state index is 11.9. The van der Waals surface area contributed by atoms with Crippen LogP contribution in [0.25, 0.3) is 10.9 Å². The molecule has 0 saturated carbocycles. The standard InChI is InChI=1S/C15H19NO2S/c1-10(14(17)18-15(2,3)4)19-13-9-11-7-5-6-8-12(11)16-13/h5-10,16H,1-4H3. The number of esters is 1. The molecule has 0 amide bonds. The molecule has 1 N–H and O–H groups in total. The number of aromatic nitrogens is 1. The predicted octanol–water partition coefficient (Wildman–Crippen LogP) is 3.99. The Balaban J connectivity index is 2.06. The van der Waals surface area contributed by atoms with Crippen LogP contribution in [0.4, 0.5) is 0 Å². The number of ether oxygens (including phenoxy) is 1. The Morgan fingerprint density at radius 1 is 1.32 bits per heavy atom. The van der Waals surface area contributed by atoms with Crippen molar-refractivity contribution in [3.63, 3.8) is 0 Å². The molecular weight excluding hydrogens is 258 g/mol. The SMILES string of the molecule is CC(Sc1cc2ccccc2[nH]1)C(=O)OC(C)(C)C. The van der Waals surface area contributed by atoms with E-state index in [2.05, 4.69) is 11.1 Å². The minimum absolute atomic E-state index is 0.184. The first kappa shape index (κ1) is 14.0. The van der Waals surface area contributed by atoms with Gasteiger partial charge in [-0.05, 0) is 39.8 Å². The Hall–Kier alpha value is -1.42. The molecule has 1 aromatic carbocycles. The molecule has 0 bridgehead atoms. The third-order valence-corrected chi connectivity index (χ3v) is 3.57. The van der Waals surface area contributed by atoms with Gasteiger partial charge < -0.3 is 9.72 Å². The van der Waals surface area contributed by atoms with Crippen molar-refractivity contribution < 1.29 is 9.53 Å². The highest BCUT2D eigenvalue weighted by Crippen LogP contribution is 2.27. The zero-order valence-electron chi connectivity index (χ0n) is 11.7. The number of benzene rings is 1. The summed E-state index contributed by atoms with van der Waals surface area (Å²) in [4.78, 5) is 15.2. The normalized spacial score (nSPS) is 13.5. The summed E-state index contributed by atoms with van der Waals surface area (Å²) in [5, 5.41) is 1.91. The van der Waals surface area contributed by atoms with E-state index in [0.717, 1.165) is 15.9 Å². The molecule has 102 valence electrons. The summed E-state index contributed by atoms with van der Waals surface area (Å²) in [6.45, 7) is 7.51. The minimum atomic E-state index is -0.438. The molecule has 1 unspecified atom stereocenters. The second-order valence-corrected chi connectivity index (χ2v) is 6.90. The van der Waals surface area contributed by atoms with E-state index in [9.17, 15) is 4.79 Å². The molecule has 0 aliphatic carbocycles. The molecule has 4 heteroatoms. The smallest absolute Gasteiger partial charge is 0.319 e. The highest BCUT2D eigenvalue weighted by molar-refractivity contribution is 8.00. The summed E-state index contributed by atoms with van der Waals surface area (Å²) >= 11 is 1.49. The summed E-state index contributed by atoms with van der Waals surface area (Å²) < 4.78 is 5.37. The fourth-order valence-electron chi connectivity index (χ4n) is 1.73. The average molecular weight is 277 g/mol. The topological polar surface area (TPSA) is 42.1 Å². The molecule has 1 aromatic heterocycles. The zero-order chi connectivity index (χ0) is 14.0. The van der Waals surface area contributed by atoms with Crippen molar-refractivity contribution in [3.8, 4) is 0 Å². The quantitative estimate of drug-likeness (QED) is 0.681. The molecule has 19 heavy (non-hydrogen) atoms. The number of thioether (sulfide) groups is 1. The van der Waals surface area contributed by atoms with Crippen LogP contribution in [0.3, 0.4) is 0 Å². The van der Waals surface area contributed by atoms with Crippen molar-refractivity contribution in [1.82, 2.24) is 4.98 Å². The van der Waals surface area contributed by atoms with E-state index in [1.165, 1.54) is 11.8 Å². The van der Waals surface area contributed by atoms with Gasteiger partial charge in [0.1, 0.15) is 10.9 Å². The Bertz CT molecular complexity index is 550. The van der Waals surface area contributed by atoms with Gasteiger partial charge in [0, 0.05) is 10.9 Å². The molecule has 0 aliphatic rings. The number of aromatic amines is 1. The predicted molar refractivity (Wildman–Crippen MR) is 79.5 cm³/mol. The van der Waals surface area contributed by atoms with Gasteiger partial charge in [-0.25, -0.2) is 0 Å². The van der Waals surface area contributed by atoms with E-state index in [-0.39, 0.29) is 11.2 Å². The fraction of sp³-hybridized carbons (Fsp3) is 0.400. The fourth-order valence-corrected chi connectivity index (χ4v) is 2.62. The van der Waals surface area contributed by atoms with Gasteiger partial charge in [-0.3, -0.25) is 4.79 Å². The highest BCUT2D eigenvalue weighted by atomic mass is 32.2. The summed E-state index contributed by atoms with van der Waals surface area (Å²) in [6, 6.07) is 10.1. The second kappa shape index (κ2) is 5.29. The van der Waals surface area contributed by atoms with Crippen LogP contribution in [-0.4, -0.2) is 21.8 Å². The number of carbonyl (C=O) groups excluding carboxylic acids is 1. The lowest BCUT2D eigenvalue weighted by atomic mass is 10.2. The van der Waals surface area contributed by atoms with Crippen LogP contribution in [0.5, 0.6) is 0 Å². The zero-order valence-corrected chi connectivity index (χ0v) is 12.5. The van der Waals surface area contributed by atoms with E-state index in [1.807, 2.05) is 52.0 Å². The Labute approximate surface area is 117 Å². The third kappa shape index (κ3) is 3.77. The largest absolute Gasteiger partial charge is 0.459 e. The second-order valence-electron chi connectivity index (χ2n) is 5.51. The number of rotatable bonds is 3. The van der Waals surface area contributed by atoms with Crippen LogP contribution in [0, 0.1) is 0 Å². The first-order chi connectivity index (χ1) is 8.85.